The van der Waals surface area contributed by atoms with E-state index in [9.17, 15) is 9.59 Å². The number of ether oxygens (including phenoxy) is 1. The molecule has 0 spiro atoms. The molecule has 0 radical (unpaired) electrons. The van der Waals surface area contributed by atoms with Crippen molar-refractivity contribution in [3.8, 4) is 11.4 Å². The smallest absolute Gasteiger partial charge is 0.272 e. The van der Waals surface area contributed by atoms with E-state index >= 15 is 4.39 Å². The van der Waals surface area contributed by atoms with E-state index in [1.807, 2.05) is 12.1 Å². The quantitative estimate of drug-likeness (QED) is 0.310. The van der Waals surface area contributed by atoms with Gasteiger partial charge < -0.3 is 20.3 Å². The maximum atomic E-state index is 15.2. The number of nitrogens with one attached hydrogen (secondary N) is 1. The summed E-state index contributed by atoms with van der Waals surface area (Å²) in [6.07, 6.45) is 3.96. The fourth-order valence-corrected chi connectivity index (χ4v) is 5.72. The van der Waals surface area contributed by atoms with Gasteiger partial charge in [-0.05, 0) is 30.2 Å². The standard InChI is InChI=1S/C31H28FN9O3/c32-24-6-5-18(14-25-20-3-1-2-4-21(20)29(42)39-38-25)13-23(24)30(43)41-8-7-22-26(17-41)36-27(19-15-34-31(33)35-16-19)37-28(22)40-9-11-44-12-10-40/h1-6,13,15-16H,7-12,14,17H2,(H,39,42)(H2,33,34,35). The summed E-state index contributed by atoms with van der Waals surface area (Å²) in [5, 5.41) is 7.99. The molecule has 1 saturated heterocycles. The number of hydrogen-bond acceptors (Lipinski definition) is 10. The molecule has 1 fully saturated rings. The van der Waals surface area contributed by atoms with Crippen LogP contribution in [-0.4, -0.2) is 73.8 Å². The number of amides is 1. The predicted molar refractivity (Wildman–Crippen MR) is 161 cm³/mol. The summed E-state index contributed by atoms with van der Waals surface area (Å²) in [7, 11) is 0. The summed E-state index contributed by atoms with van der Waals surface area (Å²) in [5.41, 5.74) is 8.94. The summed E-state index contributed by atoms with van der Waals surface area (Å²) < 4.78 is 20.7. The van der Waals surface area contributed by atoms with Gasteiger partial charge in [-0.3, -0.25) is 9.59 Å². The Hall–Kier alpha value is -5.30. The molecule has 0 aliphatic carbocycles. The number of H-pyrrole nitrogens is 1. The normalized spacial score (nSPS) is 14.9. The van der Waals surface area contributed by atoms with Crippen molar-refractivity contribution in [2.45, 2.75) is 19.4 Å². The predicted octanol–water partition coefficient (Wildman–Crippen LogP) is 2.52. The number of halogens is 1. The monoisotopic (exact) mass is 593 g/mol. The molecule has 5 heterocycles. The highest BCUT2D eigenvalue weighted by atomic mass is 19.1. The van der Waals surface area contributed by atoms with Crippen molar-refractivity contribution in [2.75, 3.05) is 43.5 Å². The molecule has 3 aromatic heterocycles. The second-order valence-corrected chi connectivity index (χ2v) is 10.7. The van der Waals surface area contributed by atoms with Crippen molar-refractivity contribution in [1.29, 1.82) is 0 Å². The molecule has 0 atom stereocenters. The fraction of sp³-hybridized carbons (Fsp3) is 0.258. The average Bonchev–Trinajstić information content (AvgIpc) is 3.06. The fourth-order valence-electron chi connectivity index (χ4n) is 5.72. The van der Waals surface area contributed by atoms with Gasteiger partial charge in [0.05, 0.1) is 47.7 Å². The van der Waals surface area contributed by atoms with Crippen LogP contribution in [0.2, 0.25) is 0 Å². The Kier molecular flexibility index (Phi) is 7.14. The van der Waals surface area contributed by atoms with Gasteiger partial charge >= 0.3 is 0 Å². The van der Waals surface area contributed by atoms with E-state index in [4.69, 9.17) is 20.4 Å². The molecule has 0 unspecified atom stereocenters. The van der Waals surface area contributed by atoms with E-state index < -0.39 is 11.7 Å². The molecule has 2 aliphatic heterocycles. The van der Waals surface area contributed by atoms with Crippen molar-refractivity contribution in [3.05, 3.63) is 99.1 Å². The number of aromatic amines is 1. The van der Waals surface area contributed by atoms with Crippen molar-refractivity contribution >= 4 is 28.4 Å². The highest BCUT2D eigenvalue weighted by Gasteiger charge is 2.30. The lowest BCUT2D eigenvalue weighted by atomic mass is 10.00. The van der Waals surface area contributed by atoms with Crippen molar-refractivity contribution in [2.24, 2.45) is 0 Å². The first-order valence-electron chi connectivity index (χ1n) is 14.3. The van der Waals surface area contributed by atoms with Gasteiger partial charge in [0.1, 0.15) is 11.6 Å². The molecule has 3 N–H and O–H groups in total. The van der Waals surface area contributed by atoms with E-state index in [0.717, 1.165) is 11.4 Å². The SMILES string of the molecule is Nc1ncc(-c2nc3c(c(N4CCOCC4)n2)CCN(C(=O)c2cc(Cc4n[nH]c(=O)c5ccccc45)ccc2F)C3)cn1. The molecule has 13 heteroatoms. The Labute approximate surface area is 250 Å². The van der Waals surface area contributed by atoms with Gasteiger partial charge in [0.2, 0.25) is 5.95 Å². The minimum atomic E-state index is -0.611. The van der Waals surface area contributed by atoms with Gasteiger partial charge in [0.25, 0.3) is 11.5 Å². The number of carbonyl (C=O) groups is 1. The number of rotatable bonds is 5. The second kappa shape index (κ2) is 11.4. The first-order valence-corrected chi connectivity index (χ1v) is 14.3. The molecule has 2 aliphatic rings. The molecular formula is C31H28FN9O3. The average molecular weight is 594 g/mol. The molecule has 0 bridgehead atoms. The van der Waals surface area contributed by atoms with E-state index in [1.54, 1.807) is 41.6 Å². The molecular weight excluding hydrogens is 565 g/mol. The molecule has 44 heavy (non-hydrogen) atoms. The van der Waals surface area contributed by atoms with Crippen molar-refractivity contribution < 1.29 is 13.9 Å². The van der Waals surface area contributed by atoms with E-state index in [2.05, 4.69) is 25.1 Å². The lowest BCUT2D eigenvalue weighted by Crippen LogP contribution is -2.41. The third-order valence-electron chi connectivity index (χ3n) is 7.98. The summed E-state index contributed by atoms with van der Waals surface area (Å²) in [6, 6.07) is 11.7. The summed E-state index contributed by atoms with van der Waals surface area (Å²) in [6.45, 7) is 3.11. The Balaban J connectivity index is 1.20. The lowest BCUT2D eigenvalue weighted by molar-refractivity contribution is 0.0726. The topological polar surface area (TPSA) is 156 Å². The van der Waals surface area contributed by atoms with E-state index in [1.165, 1.54) is 6.07 Å². The molecule has 2 aromatic carbocycles. The number of fused-ring (bicyclic) bond motifs is 2. The Morgan fingerprint density at radius 2 is 1.80 bits per heavy atom. The molecule has 12 nitrogen and oxygen atoms in total. The maximum absolute atomic E-state index is 15.2. The minimum Gasteiger partial charge on any atom is -0.378 e. The van der Waals surface area contributed by atoms with Gasteiger partial charge in [-0.2, -0.15) is 5.10 Å². The van der Waals surface area contributed by atoms with Crippen LogP contribution in [0.1, 0.15) is 32.9 Å². The van der Waals surface area contributed by atoms with Crippen LogP contribution >= 0.6 is 0 Å². The molecule has 0 saturated carbocycles. The second-order valence-electron chi connectivity index (χ2n) is 10.7. The number of nitrogens with zero attached hydrogens (tertiary/aromatic N) is 7. The van der Waals surface area contributed by atoms with Crippen molar-refractivity contribution in [3.63, 3.8) is 0 Å². The van der Waals surface area contributed by atoms with Crippen LogP contribution in [0.4, 0.5) is 16.2 Å². The Morgan fingerprint density at radius 1 is 1.02 bits per heavy atom. The molecule has 7 rings (SSSR count). The third kappa shape index (κ3) is 5.22. The van der Waals surface area contributed by atoms with E-state index in [-0.39, 0.29) is 23.6 Å². The Bertz CT molecular complexity index is 1940. The summed E-state index contributed by atoms with van der Waals surface area (Å²) in [5.74, 6) is 0.323. The lowest BCUT2D eigenvalue weighted by Gasteiger charge is -2.34. The number of aromatic nitrogens is 6. The Morgan fingerprint density at radius 3 is 2.59 bits per heavy atom. The van der Waals surface area contributed by atoms with Crippen LogP contribution in [-0.2, 0) is 24.1 Å². The summed E-state index contributed by atoms with van der Waals surface area (Å²) >= 11 is 0. The van der Waals surface area contributed by atoms with Crippen LogP contribution in [0.5, 0.6) is 0 Å². The zero-order valence-corrected chi connectivity index (χ0v) is 23.7. The van der Waals surface area contributed by atoms with Gasteiger partial charge in [-0.15, -0.1) is 0 Å². The van der Waals surface area contributed by atoms with Crippen LogP contribution in [0.15, 0.2) is 59.7 Å². The van der Waals surface area contributed by atoms with E-state index in [0.29, 0.717) is 84.8 Å². The van der Waals surface area contributed by atoms with Gasteiger partial charge in [-0.25, -0.2) is 29.4 Å². The number of hydrogen-bond donors (Lipinski definition) is 2. The largest absolute Gasteiger partial charge is 0.378 e. The third-order valence-corrected chi connectivity index (χ3v) is 7.98. The number of morpholine rings is 1. The van der Waals surface area contributed by atoms with Gasteiger partial charge in [0, 0.05) is 49.4 Å². The first kappa shape index (κ1) is 27.5. The molecule has 5 aromatic rings. The first-order chi connectivity index (χ1) is 21.4. The van der Waals surface area contributed by atoms with Crippen LogP contribution in [0.25, 0.3) is 22.2 Å². The number of benzene rings is 2. The molecule has 222 valence electrons. The number of carbonyl (C=O) groups excluding carboxylic acids is 1. The highest BCUT2D eigenvalue weighted by molar-refractivity contribution is 5.95. The van der Waals surface area contributed by atoms with Crippen LogP contribution < -0.4 is 16.2 Å². The van der Waals surface area contributed by atoms with Crippen LogP contribution in [0, 0.1) is 5.82 Å². The zero-order valence-electron chi connectivity index (χ0n) is 23.7. The number of nitrogens with two attached hydrogens (primary N) is 1. The van der Waals surface area contributed by atoms with Crippen LogP contribution in [0.3, 0.4) is 0 Å². The zero-order chi connectivity index (χ0) is 30.2. The summed E-state index contributed by atoms with van der Waals surface area (Å²) in [4.78, 5) is 47.6. The van der Waals surface area contributed by atoms with Gasteiger partial charge in [-0.1, -0.05) is 24.3 Å². The number of anilines is 2. The maximum Gasteiger partial charge on any atom is 0.272 e. The van der Waals surface area contributed by atoms with Crippen molar-refractivity contribution in [1.82, 2.24) is 35.0 Å². The molecule has 1 amide bonds. The minimum absolute atomic E-state index is 0.0331. The highest BCUT2D eigenvalue weighted by Crippen LogP contribution is 2.31. The number of nitrogen functional groups attached to an aromatic ring is 1. The van der Waals surface area contributed by atoms with Gasteiger partial charge in [0.15, 0.2) is 5.82 Å².